The molecule has 0 aromatic carbocycles. The van der Waals surface area contributed by atoms with Gasteiger partial charge in [-0.3, -0.25) is 9.89 Å². The van der Waals surface area contributed by atoms with Crippen LogP contribution in [0.3, 0.4) is 0 Å². The second kappa shape index (κ2) is 7.76. The van der Waals surface area contributed by atoms with Crippen molar-refractivity contribution < 1.29 is 18.0 Å². The Balaban J connectivity index is 1.39. The van der Waals surface area contributed by atoms with Crippen LogP contribution in [0, 0.1) is 0 Å². The zero-order valence-corrected chi connectivity index (χ0v) is 17.1. The molecule has 31 heavy (non-hydrogen) atoms. The quantitative estimate of drug-likeness (QED) is 0.677. The summed E-state index contributed by atoms with van der Waals surface area (Å²) in [5.41, 5.74) is 0.138. The molecule has 5 rings (SSSR count). The number of halogens is 3. The van der Waals surface area contributed by atoms with Gasteiger partial charge in [0.05, 0.1) is 6.04 Å². The summed E-state index contributed by atoms with van der Waals surface area (Å²) in [5, 5.41) is 12.2. The molecule has 11 heteroatoms. The molecule has 3 fully saturated rings. The Hall–Kier alpha value is -2.72. The van der Waals surface area contributed by atoms with Gasteiger partial charge in [0.15, 0.2) is 5.82 Å². The van der Waals surface area contributed by atoms with Crippen LogP contribution in [-0.2, 0) is 11.0 Å². The van der Waals surface area contributed by atoms with Crippen molar-refractivity contribution in [2.75, 3.05) is 25.0 Å². The van der Waals surface area contributed by atoms with E-state index in [-0.39, 0.29) is 23.8 Å². The topological polar surface area (TPSA) is 88.6 Å². The number of carbonyl (C=O) groups excluding carboxylic acids is 1. The van der Waals surface area contributed by atoms with E-state index in [0.29, 0.717) is 11.8 Å². The standard InChI is InChI=1S/C20H26F3N7O/c21-20(22,23)15-11-16(28-27-15)25-17-12-5-3-6-13(12)24-19(26-17)30-10-4-7-14(30)18(31)29-8-1-2-9-29/h11,13-14H,1-10H2,(H,24,26)(H2,25,27,28)/t13?,14-/m0/s1. The molecule has 2 atom stereocenters. The predicted molar refractivity (Wildman–Crippen MR) is 108 cm³/mol. The number of guanidine groups is 1. The molecule has 0 radical (unpaired) electrons. The average Bonchev–Trinajstić information content (AvgIpc) is 3.53. The number of nitrogens with zero attached hydrogens (tertiary/aromatic N) is 4. The minimum absolute atomic E-state index is 0.0687. The van der Waals surface area contributed by atoms with Crippen molar-refractivity contribution in [1.29, 1.82) is 0 Å². The van der Waals surface area contributed by atoms with Crippen molar-refractivity contribution in [2.45, 2.75) is 63.2 Å². The first-order chi connectivity index (χ1) is 14.9. The third-order valence-corrected chi connectivity index (χ3v) is 6.54. The van der Waals surface area contributed by atoms with Crippen LogP contribution in [0.1, 0.15) is 50.6 Å². The molecule has 1 aliphatic carbocycles. The summed E-state index contributed by atoms with van der Waals surface area (Å²) < 4.78 is 38.8. The number of hydrogen-bond acceptors (Lipinski definition) is 6. The van der Waals surface area contributed by atoms with Gasteiger partial charge in [-0.15, -0.1) is 0 Å². The second-order valence-electron chi connectivity index (χ2n) is 8.57. The summed E-state index contributed by atoms with van der Waals surface area (Å²) >= 11 is 0. The van der Waals surface area contributed by atoms with Crippen LogP contribution in [0.4, 0.5) is 19.0 Å². The monoisotopic (exact) mass is 437 g/mol. The minimum atomic E-state index is -4.48. The van der Waals surface area contributed by atoms with Crippen molar-refractivity contribution in [3.63, 3.8) is 0 Å². The number of amides is 1. The highest BCUT2D eigenvalue weighted by Crippen LogP contribution is 2.34. The molecule has 0 spiro atoms. The van der Waals surface area contributed by atoms with Gasteiger partial charge < -0.3 is 20.4 Å². The number of hydrogen-bond donors (Lipinski definition) is 3. The number of fused-ring (bicyclic) bond motifs is 1. The Morgan fingerprint density at radius 3 is 2.68 bits per heavy atom. The van der Waals surface area contributed by atoms with Crippen LogP contribution in [0.15, 0.2) is 22.5 Å². The highest BCUT2D eigenvalue weighted by molar-refractivity contribution is 5.91. The van der Waals surface area contributed by atoms with Crippen molar-refractivity contribution in [3.8, 4) is 0 Å². The first-order valence-electron chi connectivity index (χ1n) is 10.9. The lowest BCUT2D eigenvalue weighted by Gasteiger charge is -2.34. The number of aromatic nitrogens is 2. The van der Waals surface area contributed by atoms with Gasteiger partial charge in [0, 0.05) is 25.7 Å². The predicted octanol–water partition coefficient (Wildman–Crippen LogP) is 2.65. The van der Waals surface area contributed by atoms with Gasteiger partial charge in [0.2, 0.25) is 11.9 Å². The van der Waals surface area contributed by atoms with E-state index in [1.165, 1.54) is 0 Å². The lowest BCUT2D eigenvalue weighted by atomic mass is 10.1. The third kappa shape index (κ3) is 3.85. The van der Waals surface area contributed by atoms with Gasteiger partial charge in [-0.1, -0.05) is 0 Å². The van der Waals surface area contributed by atoms with Crippen LogP contribution in [0.2, 0.25) is 0 Å². The highest BCUT2D eigenvalue weighted by atomic mass is 19.4. The van der Waals surface area contributed by atoms with Crippen LogP contribution >= 0.6 is 0 Å². The number of aliphatic imine (C=N–C) groups is 1. The molecule has 168 valence electrons. The number of carbonyl (C=O) groups is 1. The zero-order chi connectivity index (χ0) is 21.6. The summed E-state index contributed by atoms with van der Waals surface area (Å²) in [6, 6.07) is 0.777. The van der Waals surface area contributed by atoms with Gasteiger partial charge >= 0.3 is 6.18 Å². The van der Waals surface area contributed by atoms with E-state index in [1.54, 1.807) is 0 Å². The molecule has 8 nitrogen and oxygen atoms in total. The van der Waals surface area contributed by atoms with E-state index < -0.39 is 11.9 Å². The molecule has 1 amide bonds. The van der Waals surface area contributed by atoms with E-state index >= 15 is 0 Å². The number of H-pyrrole nitrogens is 1. The number of aromatic amines is 1. The van der Waals surface area contributed by atoms with Gasteiger partial charge in [0.25, 0.3) is 0 Å². The van der Waals surface area contributed by atoms with Crippen LogP contribution in [-0.4, -0.2) is 63.6 Å². The molecular weight excluding hydrogens is 411 g/mol. The van der Waals surface area contributed by atoms with Crippen molar-refractivity contribution in [3.05, 3.63) is 23.2 Å². The number of anilines is 1. The Kier molecular flexibility index (Phi) is 5.05. The van der Waals surface area contributed by atoms with E-state index in [0.717, 1.165) is 76.2 Å². The van der Waals surface area contributed by atoms with Gasteiger partial charge in [0.1, 0.15) is 17.6 Å². The van der Waals surface area contributed by atoms with E-state index in [9.17, 15) is 18.0 Å². The molecule has 1 unspecified atom stereocenters. The maximum atomic E-state index is 13.1. The van der Waals surface area contributed by atoms with Crippen molar-refractivity contribution in [1.82, 2.24) is 25.3 Å². The molecule has 1 aromatic heterocycles. The van der Waals surface area contributed by atoms with Gasteiger partial charge in [-0.2, -0.15) is 23.3 Å². The summed E-state index contributed by atoms with van der Waals surface area (Å²) in [7, 11) is 0. The molecular formula is C20H26F3N7O. The average molecular weight is 437 g/mol. The summed E-state index contributed by atoms with van der Waals surface area (Å²) in [5.74, 6) is 1.39. The van der Waals surface area contributed by atoms with E-state index in [2.05, 4.69) is 15.7 Å². The summed E-state index contributed by atoms with van der Waals surface area (Å²) in [6.45, 7) is 2.35. The number of rotatable bonds is 3. The Bertz CT molecular complexity index is 916. The largest absolute Gasteiger partial charge is 0.432 e. The third-order valence-electron chi connectivity index (χ3n) is 6.54. The molecule has 2 saturated heterocycles. The maximum Gasteiger partial charge on any atom is 0.432 e. The normalized spacial score (nSPS) is 26.2. The smallest absolute Gasteiger partial charge is 0.349 e. The molecule has 1 saturated carbocycles. The summed E-state index contributed by atoms with van der Waals surface area (Å²) in [6.07, 6.45) is 2.02. The number of alkyl halides is 3. The Labute approximate surface area is 177 Å². The molecule has 4 aliphatic rings. The fraction of sp³-hybridized carbons (Fsp3) is 0.650. The second-order valence-corrected chi connectivity index (χ2v) is 8.57. The van der Waals surface area contributed by atoms with E-state index in [4.69, 9.17) is 4.99 Å². The fourth-order valence-corrected chi connectivity index (χ4v) is 4.99. The van der Waals surface area contributed by atoms with Crippen molar-refractivity contribution in [2.24, 2.45) is 4.99 Å². The molecule has 3 N–H and O–H groups in total. The summed E-state index contributed by atoms with van der Waals surface area (Å²) in [4.78, 5) is 21.7. The first kappa shape index (κ1) is 20.2. The van der Waals surface area contributed by atoms with Gasteiger partial charge in [-0.05, 0) is 50.5 Å². The van der Waals surface area contributed by atoms with Crippen LogP contribution in [0.25, 0.3) is 0 Å². The zero-order valence-electron chi connectivity index (χ0n) is 17.1. The minimum Gasteiger partial charge on any atom is -0.349 e. The highest BCUT2D eigenvalue weighted by Gasteiger charge is 2.39. The van der Waals surface area contributed by atoms with Crippen LogP contribution < -0.4 is 10.6 Å². The fourth-order valence-electron chi connectivity index (χ4n) is 4.99. The van der Waals surface area contributed by atoms with Crippen LogP contribution in [0.5, 0.6) is 0 Å². The number of nitrogens with one attached hydrogen (secondary N) is 3. The van der Waals surface area contributed by atoms with Gasteiger partial charge in [-0.25, -0.2) is 0 Å². The maximum absolute atomic E-state index is 13.1. The lowest BCUT2D eigenvalue weighted by Crippen LogP contribution is -2.54. The van der Waals surface area contributed by atoms with E-state index in [1.807, 2.05) is 14.9 Å². The first-order valence-corrected chi connectivity index (χ1v) is 10.9. The molecule has 3 aliphatic heterocycles. The Morgan fingerprint density at radius 1 is 1.13 bits per heavy atom. The SMILES string of the molecule is O=C([C@@H]1CCCN1C1=NC(Nc2cc(C(F)(F)F)[nH]n2)=C2CCCC2N1)N1CCCC1. The van der Waals surface area contributed by atoms with Crippen molar-refractivity contribution >= 4 is 17.7 Å². The lowest BCUT2D eigenvalue weighted by molar-refractivity contribution is -0.141. The number of likely N-dealkylation sites (tertiary alicyclic amines) is 2. The Morgan fingerprint density at radius 2 is 1.94 bits per heavy atom. The molecule has 1 aromatic rings. The molecule has 0 bridgehead atoms. The molecule has 4 heterocycles.